The lowest BCUT2D eigenvalue weighted by molar-refractivity contribution is -0.141. The number of furan rings is 1. The van der Waals surface area contributed by atoms with E-state index in [1.807, 2.05) is 25.1 Å². The molecule has 1 aromatic heterocycles. The maximum Gasteiger partial charge on any atom is 0.306 e. The molecule has 6 nitrogen and oxygen atoms in total. The zero-order valence-electron chi connectivity index (χ0n) is 12.2. The van der Waals surface area contributed by atoms with Crippen molar-refractivity contribution >= 4 is 22.8 Å². The highest BCUT2D eigenvalue weighted by molar-refractivity contribution is 5.96. The smallest absolute Gasteiger partial charge is 0.306 e. The van der Waals surface area contributed by atoms with Gasteiger partial charge in [0.2, 0.25) is 0 Å². The molecule has 116 valence electrons. The summed E-state index contributed by atoms with van der Waals surface area (Å²) in [5, 5.41) is 9.72. The van der Waals surface area contributed by atoms with Gasteiger partial charge >= 0.3 is 5.97 Å². The lowest BCUT2D eigenvalue weighted by Gasteiger charge is -2.31. The minimum absolute atomic E-state index is 0.108. The van der Waals surface area contributed by atoms with Gasteiger partial charge in [-0.05, 0) is 18.6 Å². The average Bonchev–Trinajstić information content (AvgIpc) is 2.91. The fraction of sp³-hybridized carbons (Fsp3) is 0.375. The molecule has 1 atom stereocenters. The first-order chi connectivity index (χ1) is 10.5. The summed E-state index contributed by atoms with van der Waals surface area (Å²) in [6, 6.07) is 7.47. The van der Waals surface area contributed by atoms with Gasteiger partial charge in [-0.3, -0.25) is 9.59 Å². The second-order valence-electron chi connectivity index (χ2n) is 5.45. The monoisotopic (exact) mass is 303 g/mol. The summed E-state index contributed by atoms with van der Waals surface area (Å²) in [6.07, 6.45) is -0.579. The van der Waals surface area contributed by atoms with Crippen molar-refractivity contribution in [1.82, 2.24) is 4.90 Å². The molecule has 6 heteroatoms. The number of benzene rings is 1. The Bertz CT molecular complexity index is 720. The lowest BCUT2D eigenvalue weighted by Crippen LogP contribution is -2.46. The Morgan fingerprint density at radius 2 is 2.23 bits per heavy atom. The summed E-state index contributed by atoms with van der Waals surface area (Å²) in [5.74, 6) is -0.881. The van der Waals surface area contributed by atoms with Crippen LogP contribution in [0.2, 0.25) is 0 Å². The molecule has 1 unspecified atom stereocenters. The van der Waals surface area contributed by atoms with Crippen LogP contribution in [0.25, 0.3) is 11.0 Å². The Morgan fingerprint density at radius 1 is 1.41 bits per heavy atom. The van der Waals surface area contributed by atoms with E-state index in [0.29, 0.717) is 18.7 Å². The number of ether oxygens (including phenoxy) is 1. The summed E-state index contributed by atoms with van der Waals surface area (Å²) in [6.45, 7) is 2.97. The molecule has 22 heavy (non-hydrogen) atoms. The summed E-state index contributed by atoms with van der Waals surface area (Å²) in [7, 11) is 0. The van der Waals surface area contributed by atoms with Gasteiger partial charge in [0.1, 0.15) is 5.58 Å². The first-order valence-electron chi connectivity index (χ1n) is 7.16. The number of carbonyl (C=O) groups is 2. The van der Waals surface area contributed by atoms with E-state index in [0.717, 1.165) is 10.9 Å². The molecule has 2 heterocycles. The van der Waals surface area contributed by atoms with Gasteiger partial charge in [0.05, 0.1) is 19.1 Å². The first kappa shape index (κ1) is 14.6. The van der Waals surface area contributed by atoms with E-state index in [1.54, 1.807) is 11.0 Å². The topological polar surface area (TPSA) is 80.0 Å². The number of nitrogens with zero attached hydrogens (tertiary/aromatic N) is 1. The van der Waals surface area contributed by atoms with Crippen molar-refractivity contribution in [3.05, 3.63) is 35.6 Å². The normalized spacial score (nSPS) is 18.6. The molecule has 0 aliphatic carbocycles. The largest absolute Gasteiger partial charge is 0.481 e. The number of aliphatic carboxylic acids is 1. The molecule has 0 spiro atoms. The van der Waals surface area contributed by atoms with Crippen LogP contribution in [0.3, 0.4) is 0 Å². The Hall–Kier alpha value is -2.34. The van der Waals surface area contributed by atoms with E-state index in [-0.39, 0.29) is 24.6 Å². The predicted molar refractivity (Wildman–Crippen MR) is 78.8 cm³/mol. The van der Waals surface area contributed by atoms with Gasteiger partial charge in [0.25, 0.3) is 5.91 Å². The molecule has 0 bridgehead atoms. The van der Waals surface area contributed by atoms with E-state index >= 15 is 0 Å². The molecule has 2 aromatic rings. The minimum Gasteiger partial charge on any atom is -0.481 e. The highest BCUT2D eigenvalue weighted by atomic mass is 16.5. The highest BCUT2D eigenvalue weighted by Crippen LogP contribution is 2.24. The van der Waals surface area contributed by atoms with Crippen LogP contribution >= 0.6 is 0 Å². The number of fused-ring (bicyclic) bond motifs is 1. The number of amides is 1. The van der Waals surface area contributed by atoms with Gasteiger partial charge in [-0.25, -0.2) is 0 Å². The number of hydrogen-bond acceptors (Lipinski definition) is 4. The molecule has 3 rings (SSSR count). The van der Waals surface area contributed by atoms with Crippen molar-refractivity contribution in [3.8, 4) is 0 Å². The van der Waals surface area contributed by atoms with E-state index < -0.39 is 12.1 Å². The van der Waals surface area contributed by atoms with Crippen LogP contribution in [0.4, 0.5) is 0 Å². The summed E-state index contributed by atoms with van der Waals surface area (Å²) in [4.78, 5) is 24.9. The molecule has 1 aliphatic heterocycles. The van der Waals surface area contributed by atoms with Gasteiger partial charge in [-0.1, -0.05) is 18.2 Å². The molecule has 1 amide bonds. The van der Waals surface area contributed by atoms with E-state index in [9.17, 15) is 9.59 Å². The number of morpholine rings is 1. The van der Waals surface area contributed by atoms with E-state index in [4.69, 9.17) is 14.3 Å². The third-order valence-electron chi connectivity index (χ3n) is 3.78. The maximum absolute atomic E-state index is 12.5. The fourth-order valence-electron chi connectivity index (χ4n) is 2.69. The Balaban J connectivity index is 1.80. The Morgan fingerprint density at radius 3 is 2.95 bits per heavy atom. The van der Waals surface area contributed by atoms with Crippen LogP contribution in [-0.2, 0) is 9.53 Å². The third-order valence-corrected chi connectivity index (χ3v) is 3.78. The number of carboxylic acids is 1. The molecule has 1 aliphatic rings. The minimum atomic E-state index is -0.932. The molecule has 1 N–H and O–H groups in total. The van der Waals surface area contributed by atoms with Crippen LogP contribution in [0.5, 0.6) is 0 Å². The van der Waals surface area contributed by atoms with Gasteiger partial charge in [-0.15, -0.1) is 0 Å². The van der Waals surface area contributed by atoms with Crippen LogP contribution in [-0.4, -0.2) is 47.7 Å². The highest BCUT2D eigenvalue weighted by Gasteiger charge is 2.28. The van der Waals surface area contributed by atoms with Crippen LogP contribution in [0.1, 0.15) is 22.5 Å². The van der Waals surface area contributed by atoms with Crippen molar-refractivity contribution < 1.29 is 23.8 Å². The van der Waals surface area contributed by atoms with Gasteiger partial charge in [0, 0.05) is 18.5 Å². The number of hydrogen-bond donors (Lipinski definition) is 1. The van der Waals surface area contributed by atoms with Gasteiger partial charge in [-0.2, -0.15) is 0 Å². The lowest BCUT2D eigenvalue weighted by atomic mass is 10.1. The quantitative estimate of drug-likeness (QED) is 0.938. The van der Waals surface area contributed by atoms with E-state index in [1.165, 1.54) is 0 Å². The molecular formula is C16H17NO5. The summed E-state index contributed by atoms with van der Waals surface area (Å²) < 4.78 is 11.1. The number of carboxylic acid groups (broad SMARTS) is 1. The second-order valence-corrected chi connectivity index (χ2v) is 5.45. The third kappa shape index (κ3) is 2.82. The fourth-order valence-corrected chi connectivity index (χ4v) is 2.69. The molecular weight excluding hydrogens is 286 g/mol. The van der Waals surface area contributed by atoms with Crippen molar-refractivity contribution in [2.45, 2.75) is 19.4 Å². The van der Waals surface area contributed by atoms with Gasteiger partial charge < -0.3 is 19.2 Å². The SMILES string of the molecule is Cc1cccc2cc(C(=O)N3CCOC(CC(=O)O)C3)oc12. The zero-order valence-corrected chi connectivity index (χ0v) is 12.2. The molecule has 0 saturated carbocycles. The standard InChI is InChI=1S/C16H17NO5/c1-10-3-2-4-11-7-13(22-15(10)11)16(20)17-5-6-21-12(9-17)8-14(18)19/h2-4,7,12H,5-6,8-9H2,1H3,(H,18,19). The van der Waals surface area contributed by atoms with Crippen molar-refractivity contribution in [2.24, 2.45) is 0 Å². The maximum atomic E-state index is 12.5. The van der Waals surface area contributed by atoms with Crippen LogP contribution in [0, 0.1) is 6.92 Å². The molecule has 1 aromatic carbocycles. The van der Waals surface area contributed by atoms with E-state index in [2.05, 4.69) is 0 Å². The molecule has 1 saturated heterocycles. The predicted octanol–water partition coefficient (Wildman–Crippen LogP) is 2.06. The molecule has 0 radical (unpaired) electrons. The van der Waals surface area contributed by atoms with Crippen molar-refractivity contribution in [3.63, 3.8) is 0 Å². The second kappa shape index (κ2) is 5.81. The molecule has 1 fully saturated rings. The average molecular weight is 303 g/mol. The number of rotatable bonds is 3. The Labute approximate surface area is 127 Å². The Kier molecular flexibility index (Phi) is 3.85. The van der Waals surface area contributed by atoms with Gasteiger partial charge in [0.15, 0.2) is 5.76 Å². The van der Waals surface area contributed by atoms with Crippen LogP contribution < -0.4 is 0 Å². The summed E-state index contributed by atoms with van der Waals surface area (Å²) >= 11 is 0. The summed E-state index contributed by atoms with van der Waals surface area (Å²) in [5.41, 5.74) is 1.68. The zero-order chi connectivity index (χ0) is 15.7. The number of carbonyl (C=O) groups excluding carboxylic acids is 1. The van der Waals surface area contributed by atoms with Crippen molar-refractivity contribution in [1.29, 1.82) is 0 Å². The number of para-hydroxylation sites is 1. The first-order valence-corrected chi connectivity index (χ1v) is 7.16. The van der Waals surface area contributed by atoms with Crippen LogP contribution in [0.15, 0.2) is 28.7 Å². The number of aryl methyl sites for hydroxylation is 1. The van der Waals surface area contributed by atoms with Crippen molar-refractivity contribution in [2.75, 3.05) is 19.7 Å².